The first-order valence-corrected chi connectivity index (χ1v) is 6.71. The van der Waals surface area contributed by atoms with Crippen molar-refractivity contribution in [2.24, 2.45) is 0 Å². The zero-order valence-electron chi connectivity index (χ0n) is 9.89. The second-order valence-corrected chi connectivity index (χ2v) is 5.15. The van der Waals surface area contributed by atoms with Crippen LogP contribution in [-0.4, -0.2) is 24.2 Å². The zero-order chi connectivity index (χ0) is 13.0. The van der Waals surface area contributed by atoms with Crippen molar-refractivity contribution in [1.29, 1.82) is 0 Å². The molecular formula is C12H15BrN2O3. The molecule has 1 aliphatic rings. The van der Waals surface area contributed by atoms with Gasteiger partial charge in [0, 0.05) is 36.3 Å². The molecule has 98 valence electrons. The number of halogens is 1. The zero-order valence-corrected chi connectivity index (χ0v) is 11.5. The maximum Gasteiger partial charge on any atom is 0.270 e. The molecule has 1 N–H and O–H groups in total. The first kappa shape index (κ1) is 13.5. The van der Waals surface area contributed by atoms with E-state index in [9.17, 15) is 10.1 Å². The minimum Gasteiger partial charge on any atom is -0.377 e. The Balaban J connectivity index is 1.87. The third-order valence-electron chi connectivity index (χ3n) is 2.96. The minimum absolute atomic E-state index is 0.102. The first-order chi connectivity index (χ1) is 8.66. The Labute approximate surface area is 114 Å². The number of nitro benzene ring substituents is 1. The molecular weight excluding hydrogens is 300 g/mol. The fourth-order valence-corrected chi connectivity index (χ4v) is 2.47. The Morgan fingerprint density at radius 1 is 1.56 bits per heavy atom. The van der Waals surface area contributed by atoms with Gasteiger partial charge in [0.15, 0.2) is 0 Å². The maximum atomic E-state index is 10.6. The summed E-state index contributed by atoms with van der Waals surface area (Å²) in [5.41, 5.74) is 1.11. The Bertz CT molecular complexity index is 433. The summed E-state index contributed by atoms with van der Waals surface area (Å²) in [7, 11) is 0. The molecule has 1 aromatic rings. The molecule has 0 amide bonds. The van der Waals surface area contributed by atoms with Crippen LogP contribution in [0.1, 0.15) is 18.4 Å². The molecule has 0 saturated carbocycles. The van der Waals surface area contributed by atoms with Gasteiger partial charge < -0.3 is 10.1 Å². The SMILES string of the molecule is O=[N+]([O-])c1ccc(CNCC2CCCO2)c(Br)c1. The predicted molar refractivity (Wildman–Crippen MR) is 71.5 cm³/mol. The maximum absolute atomic E-state index is 10.6. The number of hydrogen-bond donors (Lipinski definition) is 1. The number of non-ortho nitro benzene ring substituents is 1. The lowest BCUT2D eigenvalue weighted by molar-refractivity contribution is -0.384. The van der Waals surface area contributed by atoms with Crippen molar-refractivity contribution in [2.45, 2.75) is 25.5 Å². The molecule has 0 radical (unpaired) electrons. The van der Waals surface area contributed by atoms with Crippen molar-refractivity contribution in [1.82, 2.24) is 5.32 Å². The van der Waals surface area contributed by atoms with Crippen molar-refractivity contribution in [2.75, 3.05) is 13.2 Å². The molecule has 1 aromatic carbocycles. The van der Waals surface area contributed by atoms with Crippen molar-refractivity contribution in [3.63, 3.8) is 0 Å². The van der Waals surface area contributed by atoms with E-state index in [1.807, 2.05) is 0 Å². The summed E-state index contributed by atoms with van der Waals surface area (Å²) in [6.07, 6.45) is 2.55. The smallest absolute Gasteiger partial charge is 0.270 e. The second-order valence-electron chi connectivity index (χ2n) is 4.30. The Kier molecular flexibility index (Phi) is 4.68. The molecule has 0 bridgehead atoms. The Morgan fingerprint density at radius 3 is 3.00 bits per heavy atom. The highest BCUT2D eigenvalue weighted by Gasteiger charge is 2.15. The molecule has 18 heavy (non-hydrogen) atoms. The molecule has 1 heterocycles. The number of hydrogen-bond acceptors (Lipinski definition) is 4. The van der Waals surface area contributed by atoms with E-state index in [4.69, 9.17) is 4.74 Å². The lowest BCUT2D eigenvalue weighted by Gasteiger charge is -2.11. The second kappa shape index (κ2) is 6.26. The number of nitrogens with zero attached hydrogens (tertiary/aromatic N) is 1. The van der Waals surface area contributed by atoms with E-state index in [1.165, 1.54) is 12.1 Å². The number of rotatable bonds is 5. The van der Waals surface area contributed by atoms with Crippen LogP contribution in [-0.2, 0) is 11.3 Å². The number of nitrogens with one attached hydrogen (secondary N) is 1. The quantitative estimate of drug-likeness (QED) is 0.670. The summed E-state index contributed by atoms with van der Waals surface area (Å²) < 4.78 is 6.27. The van der Waals surface area contributed by atoms with E-state index >= 15 is 0 Å². The number of nitro groups is 1. The highest BCUT2D eigenvalue weighted by atomic mass is 79.9. The molecule has 1 fully saturated rings. The lowest BCUT2D eigenvalue weighted by Crippen LogP contribution is -2.25. The van der Waals surface area contributed by atoms with Crippen molar-refractivity contribution in [3.05, 3.63) is 38.3 Å². The molecule has 5 nitrogen and oxygen atoms in total. The van der Waals surface area contributed by atoms with Crippen LogP contribution in [0.5, 0.6) is 0 Å². The minimum atomic E-state index is -0.395. The molecule has 1 atom stereocenters. The highest BCUT2D eigenvalue weighted by molar-refractivity contribution is 9.10. The van der Waals surface area contributed by atoms with Gasteiger partial charge in [0.25, 0.3) is 5.69 Å². The van der Waals surface area contributed by atoms with E-state index in [-0.39, 0.29) is 5.69 Å². The predicted octanol–water partition coefficient (Wildman–Crippen LogP) is 2.63. The standard InChI is InChI=1S/C12H15BrN2O3/c13-12-6-10(15(16)17)4-3-9(12)7-14-8-11-2-1-5-18-11/h3-4,6,11,14H,1-2,5,7-8H2. The van der Waals surface area contributed by atoms with Gasteiger partial charge in [0.1, 0.15) is 0 Å². The van der Waals surface area contributed by atoms with Crippen LogP contribution in [0.25, 0.3) is 0 Å². The van der Waals surface area contributed by atoms with Crippen LogP contribution in [0.4, 0.5) is 5.69 Å². The van der Waals surface area contributed by atoms with Crippen LogP contribution in [0.3, 0.4) is 0 Å². The summed E-state index contributed by atoms with van der Waals surface area (Å²) in [6.45, 7) is 2.36. The van der Waals surface area contributed by atoms with E-state index in [2.05, 4.69) is 21.2 Å². The molecule has 2 rings (SSSR count). The summed E-state index contributed by atoms with van der Waals surface area (Å²) in [4.78, 5) is 10.2. The van der Waals surface area contributed by atoms with E-state index in [0.29, 0.717) is 12.6 Å². The van der Waals surface area contributed by atoms with Crippen LogP contribution in [0.2, 0.25) is 0 Å². The Hall–Kier alpha value is -0.980. The highest BCUT2D eigenvalue weighted by Crippen LogP contribution is 2.23. The lowest BCUT2D eigenvalue weighted by atomic mass is 10.2. The average Bonchev–Trinajstić information content (AvgIpc) is 2.84. The monoisotopic (exact) mass is 314 g/mol. The average molecular weight is 315 g/mol. The largest absolute Gasteiger partial charge is 0.377 e. The molecule has 1 aliphatic heterocycles. The fraction of sp³-hybridized carbons (Fsp3) is 0.500. The van der Waals surface area contributed by atoms with Crippen molar-refractivity contribution < 1.29 is 9.66 Å². The third kappa shape index (κ3) is 3.51. The normalized spacial score (nSPS) is 19.1. The van der Waals surface area contributed by atoms with Gasteiger partial charge in [-0.15, -0.1) is 0 Å². The van der Waals surface area contributed by atoms with E-state index in [0.717, 1.165) is 36.0 Å². The Morgan fingerprint density at radius 2 is 2.39 bits per heavy atom. The molecule has 0 spiro atoms. The van der Waals surface area contributed by atoms with Gasteiger partial charge in [0.2, 0.25) is 0 Å². The third-order valence-corrected chi connectivity index (χ3v) is 3.70. The van der Waals surface area contributed by atoms with E-state index < -0.39 is 4.92 Å². The van der Waals surface area contributed by atoms with Crippen LogP contribution in [0, 0.1) is 10.1 Å². The van der Waals surface area contributed by atoms with Crippen molar-refractivity contribution in [3.8, 4) is 0 Å². The van der Waals surface area contributed by atoms with Gasteiger partial charge in [-0.3, -0.25) is 10.1 Å². The topological polar surface area (TPSA) is 64.4 Å². The van der Waals surface area contributed by atoms with Gasteiger partial charge in [-0.25, -0.2) is 0 Å². The number of ether oxygens (including phenoxy) is 1. The van der Waals surface area contributed by atoms with Crippen LogP contribution < -0.4 is 5.32 Å². The molecule has 1 unspecified atom stereocenters. The van der Waals surface area contributed by atoms with Gasteiger partial charge in [-0.05, 0) is 24.5 Å². The molecule has 6 heteroatoms. The summed E-state index contributed by atoms with van der Waals surface area (Å²) in [5, 5.41) is 13.9. The summed E-state index contributed by atoms with van der Waals surface area (Å²) >= 11 is 3.35. The molecule has 0 aromatic heterocycles. The molecule has 1 saturated heterocycles. The van der Waals surface area contributed by atoms with E-state index in [1.54, 1.807) is 6.07 Å². The van der Waals surface area contributed by atoms with Gasteiger partial charge in [-0.1, -0.05) is 15.9 Å². The molecule has 0 aliphatic carbocycles. The van der Waals surface area contributed by atoms with Crippen molar-refractivity contribution >= 4 is 21.6 Å². The fourth-order valence-electron chi connectivity index (χ4n) is 1.97. The van der Waals surface area contributed by atoms with Gasteiger partial charge in [0.05, 0.1) is 11.0 Å². The summed E-state index contributed by atoms with van der Waals surface area (Å²) in [5.74, 6) is 0. The van der Waals surface area contributed by atoms with Gasteiger partial charge >= 0.3 is 0 Å². The summed E-state index contributed by atoms with van der Waals surface area (Å²) in [6, 6.07) is 4.82. The van der Waals surface area contributed by atoms with Crippen LogP contribution in [0.15, 0.2) is 22.7 Å². The first-order valence-electron chi connectivity index (χ1n) is 5.92. The van der Waals surface area contributed by atoms with Gasteiger partial charge in [-0.2, -0.15) is 0 Å². The van der Waals surface area contributed by atoms with Crippen LogP contribution >= 0.6 is 15.9 Å². The number of benzene rings is 1.